The van der Waals surface area contributed by atoms with E-state index in [-0.39, 0.29) is 5.91 Å². The van der Waals surface area contributed by atoms with Gasteiger partial charge in [0.25, 0.3) is 11.8 Å². The minimum absolute atomic E-state index is 0.0932. The van der Waals surface area contributed by atoms with Crippen molar-refractivity contribution < 1.29 is 9.59 Å². The van der Waals surface area contributed by atoms with Crippen molar-refractivity contribution >= 4 is 23.2 Å². The second-order valence-corrected chi connectivity index (χ2v) is 6.04. The van der Waals surface area contributed by atoms with E-state index < -0.39 is 11.6 Å². The number of benzene rings is 2. The van der Waals surface area contributed by atoms with E-state index in [4.69, 9.17) is 5.73 Å². The first-order chi connectivity index (χ1) is 11.5. The largest absolute Gasteiger partial charge is 0.384 e. The number of amides is 2. The van der Waals surface area contributed by atoms with Gasteiger partial charge in [-0.25, -0.2) is 0 Å². The molecule has 2 aromatic carbocycles. The van der Waals surface area contributed by atoms with E-state index >= 15 is 0 Å². The van der Waals surface area contributed by atoms with Gasteiger partial charge in [0, 0.05) is 24.3 Å². The zero-order chi connectivity index (χ0) is 17.2. The van der Waals surface area contributed by atoms with Crippen LogP contribution in [-0.2, 0) is 0 Å². The molecule has 1 heterocycles. The number of para-hydroxylation sites is 2. The van der Waals surface area contributed by atoms with Gasteiger partial charge in [-0.05, 0) is 31.2 Å². The molecular formula is C18H20N4O2. The Bertz CT molecular complexity index is 790. The van der Waals surface area contributed by atoms with Gasteiger partial charge in [-0.3, -0.25) is 9.59 Å². The molecule has 0 aromatic heterocycles. The van der Waals surface area contributed by atoms with Crippen LogP contribution in [0.4, 0.5) is 11.4 Å². The molecule has 6 heteroatoms. The first-order valence-electron chi connectivity index (χ1n) is 7.81. The number of nitrogens with one attached hydrogen (secondary N) is 3. The molecule has 1 aliphatic heterocycles. The summed E-state index contributed by atoms with van der Waals surface area (Å²) in [6.07, 6.45) is 0.625. The van der Waals surface area contributed by atoms with Crippen LogP contribution in [0.5, 0.6) is 0 Å². The molecule has 0 saturated carbocycles. The molecule has 0 saturated heterocycles. The van der Waals surface area contributed by atoms with Crippen LogP contribution in [-0.4, -0.2) is 24.0 Å². The quantitative estimate of drug-likeness (QED) is 0.677. The smallest absolute Gasteiger partial charge is 0.255 e. The SMILES string of the molecule is CC1(CCNc2ccccc2C(N)=O)NC(=O)c2ccccc2N1. The van der Waals surface area contributed by atoms with Gasteiger partial charge in [-0.2, -0.15) is 0 Å². The Morgan fingerprint density at radius 3 is 2.62 bits per heavy atom. The standard InChI is InChI=1S/C18H20N4O2/c1-18(21-15-9-5-3-7-13(15)17(24)22-18)10-11-20-14-8-4-2-6-12(14)16(19)23/h2-9,20-21H,10-11H2,1H3,(H2,19,23)(H,22,24). The van der Waals surface area contributed by atoms with E-state index in [9.17, 15) is 9.59 Å². The van der Waals surface area contributed by atoms with E-state index in [1.165, 1.54) is 0 Å². The fourth-order valence-electron chi connectivity index (χ4n) is 2.86. The van der Waals surface area contributed by atoms with Gasteiger partial charge in [0.2, 0.25) is 0 Å². The van der Waals surface area contributed by atoms with Crippen molar-refractivity contribution in [1.82, 2.24) is 5.32 Å². The molecule has 1 unspecified atom stereocenters. The fraction of sp³-hybridized carbons (Fsp3) is 0.222. The lowest BCUT2D eigenvalue weighted by molar-refractivity contribution is 0.0904. The molecule has 0 bridgehead atoms. The van der Waals surface area contributed by atoms with Crippen LogP contribution in [0, 0.1) is 0 Å². The van der Waals surface area contributed by atoms with Crippen LogP contribution in [0.2, 0.25) is 0 Å². The van der Waals surface area contributed by atoms with Crippen LogP contribution in [0.1, 0.15) is 34.1 Å². The summed E-state index contributed by atoms with van der Waals surface area (Å²) in [5.74, 6) is -0.563. The van der Waals surface area contributed by atoms with Crippen LogP contribution in [0.3, 0.4) is 0 Å². The topological polar surface area (TPSA) is 96.2 Å². The number of carbonyl (C=O) groups is 2. The molecule has 3 rings (SSSR count). The molecule has 0 fully saturated rings. The molecule has 2 amide bonds. The van der Waals surface area contributed by atoms with Crippen molar-refractivity contribution in [2.45, 2.75) is 19.0 Å². The maximum absolute atomic E-state index is 12.2. The Morgan fingerprint density at radius 1 is 1.12 bits per heavy atom. The summed E-state index contributed by atoms with van der Waals surface area (Å²) < 4.78 is 0. The van der Waals surface area contributed by atoms with Crippen molar-refractivity contribution in [1.29, 1.82) is 0 Å². The van der Waals surface area contributed by atoms with Crippen molar-refractivity contribution in [2.75, 3.05) is 17.2 Å². The monoisotopic (exact) mass is 324 g/mol. The third-order valence-electron chi connectivity index (χ3n) is 4.10. The van der Waals surface area contributed by atoms with Gasteiger partial charge < -0.3 is 21.7 Å². The van der Waals surface area contributed by atoms with Gasteiger partial charge in [-0.15, -0.1) is 0 Å². The molecule has 0 radical (unpaired) electrons. The Kier molecular flexibility index (Phi) is 4.12. The maximum atomic E-state index is 12.2. The van der Waals surface area contributed by atoms with E-state index in [1.54, 1.807) is 18.2 Å². The summed E-state index contributed by atoms with van der Waals surface area (Å²) in [6.45, 7) is 2.50. The second-order valence-electron chi connectivity index (χ2n) is 6.04. The van der Waals surface area contributed by atoms with Crippen molar-refractivity contribution in [3.8, 4) is 0 Å². The number of fused-ring (bicyclic) bond motifs is 1. The number of anilines is 2. The van der Waals surface area contributed by atoms with Crippen LogP contribution in [0.15, 0.2) is 48.5 Å². The lowest BCUT2D eigenvalue weighted by atomic mass is 10.0. The Hall–Kier alpha value is -3.02. The van der Waals surface area contributed by atoms with E-state index in [1.807, 2.05) is 37.3 Å². The van der Waals surface area contributed by atoms with E-state index in [0.29, 0.717) is 29.8 Å². The highest BCUT2D eigenvalue weighted by atomic mass is 16.2. The number of primary amides is 1. The molecule has 6 nitrogen and oxygen atoms in total. The second kappa shape index (κ2) is 6.23. The molecule has 124 valence electrons. The van der Waals surface area contributed by atoms with E-state index in [2.05, 4.69) is 16.0 Å². The minimum atomic E-state index is -0.569. The van der Waals surface area contributed by atoms with Crippen LogP contribution < -0.4 is 21.7 Å². The zero-order valence-electron chi connectivity index (χ0n) is 13.4. The first kappa shape index (κ1) is 15.9. The Morgan fingerprint density at radius 2 is 1.83 bits per heavy atom. The number of hydrogen-bond donors (Lipinski definition) is 4. The Labute approximate surface area is 140 Å². The van der Waals surface area contributed by atoms with Gasteiger partial charge in [-0.1, -0.05) is 24.3 Å². The number of nitrogens with two attached hydrogens (primary N) is 1. The average molecular weight is 324 g/mol. The predicted molar refractivity (Wildman–Crippen MR) is 94.0 cm³/mol. The molecule has 5 N–H and O–H groups in total. The fourth-order valence-corrected chi connectivity index (χ4v) is 2.86. The zero-order valence-corrected chi connectivity index (χ0v) is 13.4. The summed E-state index contributed by atoms with van der Waals surface area (Å²) in [5.41, 5.74) is 7.41. The van der Waals surface area contributed by atoms with Crippen LogP contribution in [0.25, 0.3) is 0 Å². The number of carbonyl (C=O) groups excluding carboxylic acids is 2. The highest BCUT2D eigenvalue weighted by Gasteiger charge is 2.32. The predicted octanol–water partition coefficient (Wildman–Crippen LogP) is 2.16. The van der Waals surface area contributed by atoms with Gasteiger partial charge in [0.15, 0.2) is 0 Å². The lowest BCUT2D eigenvalue weighted by Crippen LogP contribution is -2.56. The summed E-state index contributed by atoms with van der Waals surface area (Å²) in [5, 5.41) is 9.57. The molecule has 1 aliphatic rings. The molecule has 2 aromatic rings. The van der Waals surface area contributed by atoms with E-state index in [0.717, 1.165) is 5.69 Å². The third kappa shape index (κ3) is 3.17. The third-order valence-corrected chi connectivity index (χ3v) is 4.10. The van der Waals surface area contributed by atoms with Crippen molar-refractivity contribution in [2.24, 2.45) is 5.73 Å². The molecule has 0 spiro atoms. The van der Waals surface area contributed by atoms with Gasteiger partial charge in [0.05, 0.1) is 11.1 Å². The average Bonchev–Trinajstić information content (AvgIpc) is 2.55. The van der Waals surface area contributed by atoms with Crippen LogP contribution >= 0.6 is 0 Å². The highest BCUT2D eigenvalue weighted by molar-refractivity contribution is 6.02. The summed E-state index contributed by atoms with van der Waals surface area (Å²) in [6, 6.07) is 14.5. The van der Waals surface area contributed by atoms with Gasteiger partial charge >= 0.3 is 0 Å². The maximum Gasteiger partial charge on any atom is 0.255 e. The summed E-state index contributed by atoms with van der Waals surface area (Å²) in [4.78, 5) is 23.7. The number of rotatable bonds is 5. The summed E-state index contributed by atoms with van der Waals surface area (Å²) >= 11 is 0. The molecular weight excluding hydrogens is 304 g/mol. The minimum Gasteiger partial charge on any atom is -0.384 e. The van der Waals surface area contributed by atoms with Crippen molar-refractivity contribution in [3.63, 3.8) is 0 Å². The molecule has 1 atom stereocenters. The molecule has 0 aliphatic carbocycles. The lowest BCUT2D eigenvalue weighted by Gasteiger charge is -2.37. The highest BCUT2D eigenvalue weighted by Crippen LogP contribution is 2.26. The Balaban J connectivity index is 1.67. The van der Waals surface area contributed by atoms with Crippen molar-refractivity contribution in [3.05, 3.63) is 59.7 Å². The summed E-state index contributed by atoms with van der Waals surface area (Å²) in [7, 11) is 0. The first-order valence-corrected chi connectivity index (χ1v) is 7.81. The van der Waals surface area contributed by atoms with Gasteiger partial charge in [0.1, 0.15) is 5.66 Å². The molecule has 24 heavy (non-hydrogen) atoms. The normalized spacial score (nSPS) is 19.0. The number of hydrogen-bond acceptors (Lipinski definition) is 4.